The normalized spacial score (nSPS) is 14.6. The molecule has 0 radical (unpaired) electrons. The molecule has 1 aliphatic heterocycles. The minimum absolute atomic E-state index is 0.102. The molecule has 3 heterocycles. The maximum atomic E-state index is 13.0. The molecule has 9 heteroatoms. The molecular weight excluding hydrogens is 353 g/mol. The molecule has 0 atom stereocenters. The van der Waals surface area contributed by atoms with Gasteiger partial charge in [-0.3, -0.25) is 9.36 Å². The molecule has 25 heavy (non-hydrogen) atoms. The molecule has 0 fully saturated rings. The van der Waals surface area contributed by atoms with Gasteiger partial charge >= 0.3 is 6.18 Å². The molecule has 0 saturated carbocycles. The summed E-state index contributed by atoms with van der Waals surface area (Å²) in [5, 5.41) is 5.44. The van der Waals surface area contributed by atoms with Gasteiger partial charge in [0, 0.05) is 18.5 Å². The second-order valence-electron chi connectivity index (χ2n) is 5.46. The number of carbonyl (C=O) groups is 1. The fourth-order valence-electron chi connectivity index (χ4n) is 2.73. The van der Waals surface area contributed by atoms with Crippen molar-refractivity contribution in [1.29, 1.82) is 0 Å². The molecule has 2 aromatic heterocycles. The number of hydrogen-bond donors (Lipinski definition) is 1. The smallest absolute Gasteiger partial charge is 0.369 e. The van der Waals surface area contributed by atoms with Gasteiger partial charge in [0.15, 0.2) is 0 Å². The second-order valence-corrected chi connectivity index (χ2v) is 6.41. The van der Waals surface area contributed by atoms with Crippen molar-refractivity contribution in [3.05, 3.63) is 51.8 Å². The molecule has 0 spiro atoms. The molecule has 1 aromatic carbocycles. The molecule has 128 valence electrons. The van der Waals surface area contributed by atoms with E-state index < -0.39 is 17.6 Å². The van der Waals surface area contributed by atoms with Crippen molar-refractivity contribution in [2.75, 3.05) is 11.9 Å². The third-order valence-corrected chi connectivity index (χ3v) is 4.73. The van der Waals surface area contributed by atoms with Crippen LogP contribution in [0.4, 0.5) is 19.0 Å². The number of thiophene rings is 1. The predicted molar refractivity (Wildman–Crippen MR) is 87.4 cm³/mol. The Bertz CT molecular complexity index is 1040. The summed E-state index contributed by atoms with van der Waals surface area (Å²) in [5.74, 6) is 0.159. The van der Waals surface area contributed by atoms with Gasteiger partial charge in [-0.1, -0.05) is 6.07 Å². The highest BCUT2D eigenvalue weighted by Crippen LogP contribution is 2.32. The van der Waals surface area contributed by atoms with E-state index in [9.17, 15) is 18.0 Å². The average molecular weight is 364 g/mol. The Morgan fingerprint density at radius 3 is 2.88 bits per heavy atom. The lowest BCUT2D eigenvalue weighted by atomic mass is 10.1. The molecule has 0 aliphatic carbocycles. The fourth-order valence-corrected chi connectivity index (χ4v) is 3.34. The SMILES string of the molecule is O=C(N=c1nc2cc(C(F)(F)F)ccc2c2n1CCN2)c1cccs1. The highest BCUT2D eigenvalue weighted by molar-refractivity contribution is 7.12. The number of carbonyl (C=O) groups excluding carboxylic acids is 1. The number of aromatic nitrogens is 2. The molecule has 3 aromatic rings. The topological polar surface area (TPSA) is 59.3 Å². The number of nitrogens with one attached hydrogen (secondary N) is 1. The summed E-state index contributed by atoms with van der Waals surface area (Å²) < 4.78 is 40.6. The van der Waals surface area contributed by atoms with Crippen molar-refractivity contribution < 1.29 is 18.0 Å². The van der Waals surface area contributed by atoms with Gasteiger partial charge in [-0.25, -0.2) is 4.98 Å². The van der Waals surface area contributed by atoms with Crippen LogP contribution in [0.5, 0.6) is 0 Å². The maximum absolute atomic E-state index is 13.0. The highest BCUT2D eigenvalue weighted by atomic mass is 32.1. The summed E-state index contributed by atoms with van der Waals surface area (Å²) in [7, 11) is 0. The number of hydrogen-bond acceptors (Lipinski definition) is 4. The van der Waals surface area contributed by atoms with E-state index >= 15 is 0 Å². The van der Waals surface area contributed by atoms with Gasteiger partial charge in [0.1, 0.15) is 5.82 Å². The monoisotopic (exact) mass is 364 g/mol. The summed E-state index contributed by atoms with van der Waals surface area (Å²) in [6.07, 6.45) is -4.46. The van der Waals surface area contributed by atoms with E-state index in [1.165, 1.54) is 17.4 Å². The summed E-state index contributed by atoms with van der Waals surface area (Å²) in [6, 6.07) is 6.77. The zero-order chi connectivity index (χ0) is 17.6. The minimum Gasteiger partial charge on any atom is -0.369 e. The first-order chi connectivity index (χ1) is 11.9. The van der Waals surface area contributed by atoms with Gasteiger partial charge in [-0.2, -0.15) is 18.2 Å². The Hall–Kier alpha value is -2.68. The summed E-state index contributed by atoms with van der Waals surface area (Å²) in [4.78, 5) is 20.9. The number of fused-ring (bicyclic) bond motifs is 3. The molecule has 0 saturated heterocycles. The summed E-state index contributed by atoms with van der Waals surface area (Å²) in [5.41, 5.74) is -0.538. The Morgan fingerprint density at radius 1 is 1.32 bits per heavy atom. The molecule has 1 aliphatic rings. The van der Waals surface area contributed by atoms with Gasteiger partial charge in [-0.15, -0.1) is 11.3 Å². The van der Waals surface area contributed by atoms with E-state index in [0.717, 1.165) is 12.1 Å². The van der Waals surface area contributed by atoms with Crippen LogP contribution in [0.15, 0.2) is 40.7 Å². The molecule has 4 rings (SSSR count). The standard InChI is InChI=1S/C16H11F3N4OS/c17-16(18,19)9-3-4-10-11(8-9)21-15(23-6-5-20-13(10)23)22-14(24)12-2-1-7-25-12/h1-4,7-8,20H,5-6H2. The maximum Gasteiger partial charge on any atom is 0.416 e. The van der Waals surface area contributed by atoms with Gasteiger partial charge in [0.2, 0.25) is 5.62 Å². The number of anilines is 1. The van der Waals surface area contributed by atoms with Crippen LogP contribution in [0.2, 0.25) is 0 Å². The van der Waals surface area contributed by atoms with Crippen molar-refractivity contribution in [3.63, 3.8) is 0 Å². The average Bonchev–Trinajstić information content (AvgIpc) is 3.25. The van der Waals surface area contributed by atoms with E-state index in [0.29, 0.717) is 29.2 Å². The fraction of sp³-hybridized carbons (Fsp3) is 0.188. The van der Waals surface area contributed by atoms with Gasteiger partial charge in [0.05, 0.1) is 16.0 Å². The van der Waals surface area contributed by atoms with Gasteiger partial charge in [0.25, 0.3) is 5.91 Å². The Balaban J connectivity index is 1.94. The summed E-state index contributed by atoms with van der Waals surface area (Å²) >= 11 is 1.25. The zero-order valence-electron chi connectivity index (χ0n) is 12.7. The lowest BCUT2D eigenvalue weighted by molar-refractivity contribution is -0.137. The van der Waals surface area contributed by atoms with E-state index in [1.807, 2.05) is 0 Å². The Labute approximate surface area is 143 Å². The predicted octanol–water partition coefficient (Wildman–Crippen LogP) is 3.28. The number of halogens is 3. The number of nitrogens with zero attached hydrogens (tertiary/aromatic N) is 3. The minimum atomic E-state index is -4.46. The van der Waals surface area contributed by atoms with Crippen molar-refractivity contribution >= 4 is 34.0 Å². The number of amides is 1. The van der Waals surface area contributed by atoms with Crippen LogP contribution in [0.1, 0.15) is 15.2 Å². The third kappa shape index (κ3) is 2.80. The second kappa shape index (κ2) is 5.69. The molecular formula is C16H11F3N4OS. The largest absolute Gasteiger partial charge is 0.416 e. The van der Waals surface area contributed by atoms with Gasteiger partial charge < -0.3 is 5.32 Å². The number of alkyl halides is 3. The Kier molecular flexibility index (Phi) is 3.60. The molecule has 1 N–H and O–H groups in total. The molecule has 1 amide bonds. The van der Waals surface area contributed by atoms with Crippen LogP contribution in [0.25, 0.3) is 10.9 Å². The number of rotatable bonds is 1. The first kappa shape index (κ1) is 15.8. The van der Waals surface area contributed by atoms with Gasteiger partial charge in [-0.05, 0) is 29.6 Å². The molecule has 0 bridgehead atoms. The van der Waals surface area contributed by atoms with Crippen molar-refractivity contribution in [1.82, 2.24) is 9.55 Å². The van der Waals surface area contributed by atoms with E-state index in [1.54, 1.807) is 22.1 Å². The van der Waals surface area contributed by atoms with Crippen LogP contribution in [0, 0.1) is 0 Å². The Morgan fingerprint density at radius 2 is 2.16 bits per heavy atom. The zero-order valence-corrected chi connectivity index (χ0v) is 13.5. The third-order valence-electron chi connectivity index (χ3n) is 3.87. The van der Waals surface area contributed by atoms with Crippen LogP contribution in [0.3, 0.4) is 0 Å². The first-order valence-electron chi connectivity index (χ1n) is 7.42. The van der Waals surface area contributed by atoms with Crippen molar-refractivity contribution in [2.45, 2.75) is 12.7 Å². The lowest BCUT2D eigenvalue weighted by Gasteiger charge is -2.11. The first-order valence-corrected chi connectivity index (χ1v) is 8.30. The van der Waals surface area contributed by atoms with E-state index in [4.69, 9.17) is 0 Å². The lowest BCUT2D eigenvalue weighted by Crippen LogP contribution is -2.24. The van der Waals surface area contributed by atoms with Crippen LogP contribution in [-0.4, -0.2) is 22.0 Å². The van der Waals surface area contributed by atoms with E-state index in [2.05, 4.69) is 15.3 Å². The van der Waals surface area contributed by atoms with Crippen molar-refractivity contribution in [3.8, 4) is 0 Å². The molecule has 5 nitrogen and oxygen atoms in total. The summed E-state index contributed by atoms with van der Waals surface area (Å²) in [6.45, 7) is 1.13. The van der Waals surface area contributed by atoms with Crippen LogP contribution < -0.4 is 10.9 Å². The van der Waals surface area contributed by atoms with E-state index in [-0.39, 0.29) is 11.1 Å². The van der Waals surface area contributed by atoms with Crippen LogP contribution >= 0.6 is 11.3 Å². The molecule has 0 unspecified atom stereocenters. The highest BCUT2D eigenvalue weighted by Gasteiger charge is 2.31. The van der Waals surface area contributed by atoms with Crippen LogP contribution in [-0.2, 0) is 12.7 Å². The quantitative estimate of drug-likeness (QED) is 0.721. The van der Waals surface area contributed by atoms with Crippen molar-refractivity contribution in [2.24, 2.45) is 4.99 Å². The number of benzene rings is 1.